The highest BCUT2D eigenvalue weighted by Gasteiger charge is 2.31. The van der Waals surface area contributed by atoms with Crippen molar-refractivity contribution in [2.45, 2.75) is 5.92 Å². The molecule has 1 aliphatic heterocycles. The molecular formula is C24H24N2O3. The van der Waals surface area contributed by atoms with Gasteiger partial charge in [-0.05, 0) is 23.8 Å². The molecule has 0 fully saturated rings. The lowest BCUT2D eigenvalue weighted by atomic mass is 9.80. The fraction of sp³-hybridized carbons (Fsp3) is 0.208. The molecule has 0 saturated carbocycles. The number of anilines is 2. The Kier molecular flexibility index (Phi) is 4.66. The number of rotatable bonds is 4. The number of aromatic carboxylic acids is 1. The zero-order valence-electron chi connectivity index (χ0n) is 17.0. The van der Waals surface area contributed by atoms with Crippen molar-refractivity contribution in [3.63, 3.8) is 0 Å². The zero-order valence-corrected chi connectivity index (χ0v) is 17.0. The van der Waals surface area contributed by atoms with Crippen LogP contribution in [0, 0.1) is 0 Å². The second-order valence-corrected chi connectivity index (χ2v) is 7.66. The molecule has 0 saturated heterocycles. The van der Waals surface area contributed by atoms with Gasteiger partial charge >= 0.3 is 5.97 Å². The van der Waals surface area contributed by atoms with E-state index in [-0.39, 0.29) is 5.92 Å². The molecule has 4 rings (SSSR count). The molecule has 0 atom stereocenters. The van der Waals surface area contributed by atoms with Crippen LogP contribution in [0.25, 0.3) is 0 Å². The van der Waals surface area contributed by atoms with Gasteiger partial charge < -0.3 is 19.6 Å². The molecular weight excluding hydrogens is 364 g/mol. The van der Waals surface area contributed by atoms with E-state index >= 15 is 0 Å². The van der Waals surface area contributed by atoms with Gasteiger partial charge in [0.25, 0.3) is 0 Å². The second-order valence-electron chi connectivity index (χ2n) is 7.66. The van der Waals surface area contributed by atoms with Crippen molar-refractivity contribution in [3.05, 3.63) is 82.9 Å². The standard InChI is InChI=1S/C24H24N2O3/c1-25(2)15-9-11-19-21(13-15)29-22-14-16(26(3)4)10-12-20(22)23(19)17-7-5-6-8-18(17)24(27)28/h5-14,23H,1-4H3,(H,27,28). The summed E-state index contributed by atoms with van der Waals surface area (Å²) < 4.78 is 6.31. The summed E-state index contributed by atoms with van der Waals surface area (Å²) in [7, 11) is 7.94. The van der Waals surface area contributed by atoms with E-state index in [0.717, 1.165) is 39.6 Å². The van der Waals surface area contributed by atoms with Crippen molar-refractivity contribution in [2.24, 2.45) is 0 Å². The van der Waals surface area contributed by atoms with E-state index in [1.807, 2.05) is 86.5 Å². The Bertz CT molecular complexity index is 1030. The van der Waals surface area contributed by atoms with E-state index in [2.05, 4.69) is 0 Å². The Morgan fingerprint density at radius 1 is 0.793 bits per heavy atom. The Balaban J connectivity index is 1.97. The molecule has 0 aliphatic carbocycles. The quantitative estimate of drug-likeness (QED) is 0.544. The Labute approximate surface area is 170 Å². The van der Waals surface area contributed by atoms with Crippen LogP contribution in [0.5, 0.6) is 11.5 Å². The number of ether oxygens (including phenoxy) is 1. The van der Waals surface area contributed by atoms with E-state index in [1.165, 1.54) is 0 Å². The molecule has 0 amide bonds. The van der Waals surface area contributed by atoms with Gasteiger partial charge in [-0.15, -0.1) is 0 Å². The van der Waals surface area contributed by atoms with Crippen molar-refractivity contribution in [3.8, 4) is 11.5 Å². The number of carboxylic acid groups (broad SMARTS) is 1. The van der Waals surface area contributed by atoms with Crippen molar-refractivity contribution in [2.75, 3.05) is 38.0 Å². The Hall–Kier alpha value is -3.47. The maximum Gasteiger partial charge on any atom is 0.335 e. The molecule has 0 bridgehead atoms. The molecule has 0 radical (unpaired) electrons. The van der Waals surface area contributed by atoms with E-state index in [9.17, 15) is 9.90 Å². The molecule has 3 aromatic rings. The first-order valence-electron chi connectivity index (χ1n) is 9.49. The summed E-state index contributed by atoms with van der Waals surface area (Å²) in [4.78, 5) is 16.0. The molecule has 3 aromatic carbocycles. The molecule has 0 aromatic heterocycles. The van der Waals surface area contributed by atoms with Crippen LogP contribution in [0.15, 0.2) is 60.7 Å². The lowest BCUT2D eigenvalue weighted by Crippen LogP contribution is -2.17. The summed E-state index contributed by atoms with van der Waals surface area (Å²) in [6.45, 7) is 0. The molecule has 148 valence electrons. The molecule has 5 heteroatoms. The molecule has 29 heavy (non-hydrogen) atoms. The number of fused-ring (bicyclic) bond motifs is 2. The highest BCUT2D eigenvalue weighted by Crippen LogP contribution is 2.49. The first-order valence-corrected chi connectivity index (χ1v) is 9.49. The fourth-order valence-corrected chi connectivity index (χ4v) is 3.82. The maximum absolute atomic E-state index is 11.9. The Morgan fingerprint density at radius 3 is 1.79 bits per heavy atom. The maximum atomic E-state index is 11.9. The first-order chi connectivity index (χ1) is 13.9. The minimum atomic E-state index is -0.926. The van der Waals surface area contributed by atoms with Gasteiger partial charge in [-0.1, -0.05) is 30.3 Å². The zero-order chi connectivity index (χ0) is 20.7. The monoisotopic (exact) mass is 388 g/mol. The molecule has 1 heterocycles. The molecule has 0 unspecified atom stereocenters. The molecule has 5 nitrogen and oxygen atoms in total. The van der Waals surface area contributed by atoms with Gasteiger partial charge in [0.2, 0.25) is 0 Å². The van der Waals surface area contributed by atoms with Gasteiger partial charge in [-0.2, -0.15) is 0 Å². The van der Waals surface area contributed by atoms with E-state index in [0.29, 0.717) is 5.56 Å². The predicted octanol–water partition coefficient (Wildman–Crippen LogP) is 4.80. The SMILES string of the molecule is CN(C)c1ccc2c(c1)Oc1cc(N(C)C)ccc1C2c1ccccc1C(=O)O. The lowest BCUT2D eigenvalue weighted by molar-refractivity contribution is 0.0695. The summed E-state index contributed by atoms with van der Waals surface area (Å²) in [5, 5.41) is 9.78. The second kappa shape index (κ2) is 7.17. The van der Waals surface area contributed by atoms with Gasteiger partial charge in [0.15, 0.2) is 0 Å². The summed E-state index contributed by atoms with van der Waals surface area (Å²) >= 11 is 0. The number of carbonyl (C=O) groups is 1. The van der Waals surface area contributed by atoms with E-state index in [1.54, 1.807) is 12.1 Å². The molecule has 0 spiro atoms. The lowest BCUT2D eigenvalue weighted by Gasteiger charge is -2.31. The predicted molar refractivity (Wildman–Crippen MR) is 116 cm³/mol. The summed E-state index contributed by atoms with van der Waals surface area (Å²) in [5.74, 6) is 0.369. The average Bonchev–Trinajstić information content (AvgIpc) is 2.70. The summed E-state index contributed by atoms with van der Waals surface area (Å²) in [5.41, 5.74) is 5.07. The van der Waals surface area contributed by atoms with Crippen molar-refractivity contribution in [1.29, 1.82) is 0 Å². The average molecular weight is 388 g/mol. The molecule has 1 N–H and O–H groups in total. The van der Waals surface area contributed by atoms with Crippen LogP contribution in [0.4, 0.5) is 11.4 Å². The first kappa shape index (κ1) is 18.9. The van der Waals surface area contributed by atoms with Crippen molar-refractivity contribution in [1.82, 2.24) is 0 Å². The number of benzene rings is 3. The number of hydrogen-bond donors (Lipinski definition) is 1. The van der Waals surface area contributed by atoms with Gasteiger partial charge in [-0.3, -0.25) is 0 Å². The molecule has 1 aliphatic rings. The van der Waals surface area contributed by atoms with Gasteiger partial charge in [0.05, 0.1) is 5.56 Å². The van der Waals surface area contributed by atoms with E-state index < -0.39 is 5.97 Å². The smallest absolute Gasteiger partial charge is 0.335 e. The van der Waals surface area contributed by atoms with Crippen molar-refractivity contribution >= 4 is 17.3 Å². The topological polar surface area (TPSA) is 53.0 Å². The van der Waals surface area contributed by atoms with E-state index in [4.69, 9.17) is 4.74 Å². The third kappa shape index (κ3) is 3.29. The van der Waals surface area contributed by atoms with Crippen molar-refractivity contribution < 1.29 is 14.6 Å². The number of carboxylic acids is 1. The Morgan fingerprint density at radius 2 is 1.31 bits per heavy atom. The third-order valence-electron chi connectivity index (χ3n) is 5.37. The van der Waals surface area contributed by atoms with Crippen LogP contribution in [0.1, 0.15) is 33.0 Å². The highest BCUT2D eigenvalue weighted by atomic mass is 16.5. The van der Waals surface area contributed by atoms with Crippen LogP contribution in [-0.4, -0.2) is 39.3 Å². The minimum absolute atomic E-state index is 0.214. The van der Waals surface area contributed by atoms with Gasteiger partial charge in [-0.25, -0.2) is 4.79 Å². The van der Waals surface area contributed by atoms with Crippen LogP contribution in [0.2, 0.25) is 0 Å². The minimum Gasteiger partial charge on any atom is -0.478 e. The van der Waals surface area contributed by atoms with Crippen LogP contribution < -0.4 is 14.5 Å². The largest absolute Gasteiger partial charge is 0.478 e. The van der Waals surface area contributed by atoms with Crippen LogP contribution in [-0.2, 0) is 0 Å². The highest BCUT2D eigenvalue weighted by molar-refractivity contribution is 5.90. The number of nitrogens with zero attached hydrogens (tertiary/aromatic N) is 2. The van der Waals surface area contributed by atoms with Crippen LogP contribution >= 0.6 is 0 Å². The van der Waals surface area contributed by atoms with Gasteiger partial charge in [0.1, 0.15) is 11.5 Å². The van der Waals surface area contributed by atoms with Gasteiger partial charge in [0, 0.05) is 68.7 Å². The summed E-state index contributed by atoms with van der Waals surface area (Å²) in [6, 6.07) is 19.4. The fourth-order valence-electron chi connectivity index (χ4n) is 3.82. The number of hydrogen-bond acceptors (Lipinski definition) is 4. The van der Waals surface area contributed by atoms with Crippen LogP contribution in [0.3, 0.4) is 0 Å². The third-order valence-corrected chi connectivity index (χ3v) is 5.37. The summed E-state index contributed by atoms with van der Waals surface area (Å²) in [6.07, 6.45) is 0. The normalized spacial score (nSPS) is 12.6.